The summed E-state index contributed by atoms with van der Waals surface area (Å²) in [6.45, 7) is 6.39. The second-order valence-electron chi connectivity index (χ2n) is 6.92. The van der Waals surface area contributed by atoms with Crippen LogP contribution in [-0.2, 0) is 19.6 Å². The Kier molecular flexibility index (Phi) is 8.38. The van der Waals surface area contributed by atoms with Gasteiger partial charge in [0.2, 0.25) is 10.0 Å². The summed E-state index contributed by atoms with van der Waals surface area (Å²) in [7, 11) is -4.06. The molecule has 2 rings (SSSR count). The van der Waals surface area contributed by atoms with Gasteiger partial charge in [-0.05, 0) is 23.6 Å². The average molecular weight is 426 g/mol. The van der Waals surface area contributed by atoms with Crippen LogP contribution in [0, 0.1) is 5.92 Å². The van der Waals surface area contributed by atoms with E-state index in [-0.39, 0.29) is 23.0 Å². The first-order valence-corrected chi connectivity index (χ1v) is 10.7. The van der Waals surface area contributed by atoms with Gasteiger partial charge < -0.3 is 4.74 Å². The van der Waals surface area contributed by atoms with Crippen molar-refractivity contribution in [1.82, 2.24) is 14.7 Å². The molecule has 0 saturated carbocycles. The van der Waals surface area contributed by atoms with Gasteiger partial charge in [0.1, 0.15) is 6.04 Å². The van der Waals surface area contributed by atoms with Crippen LogP contribution < -0.4 is 5.48 Å². The third-order valence-electron chi connectivity index (χ3n) is 4.66. The number of rotatable bonds is 9. The predicted octanol–water partition coefficient (Wildman–Crippen LogP) is 1.48. The molecular weight excluding hydrogens is 400 g/mol. The number of sulfonamides is 1. The molecule has 2 N–H and O–H groups in total. The number of benzene rings is 1. The van der Waals surface area contributed by atoms with Crippen molar-refractivity contribution in [3.05, 3.63) is 34.7 Å². The summed E-state index contributed by atoms with van der Waals surface area (Å²) in [6.07, 6.45) is 0. The Morgan fingerprint density at radius 3 is 2.48 bits per heavy atom. The molecule has 1 aromatic carbocycles. The van der Waals surface area contributed by atoms with Crippen LogP contribution in [0.25, 0.3) is 10.4 Å². The number of nitrogens with one attached hydrogen (secondary N) is 1. The molecule has 1 fully saturated rings. The van der Waals surface area contributed by atoms with Gasteiger partial charge in [-0.25, -0.2) is 13.9 Å². The number of morpholine rings is 1. The molecule has 0 spiro atoms. The molecule has 0 aromatic heterocycles. The van der Waals surface area contributed by atoms with Gasteiger partial charge in [-0.3, -0.25) is 14.9 Å². The number of hydrogen-bond donors (Lipinski definition) is 2. The minimum atomic E-state index is -4.06. The topological polar surface area (TPSA) is 148 Å². The van der Waals surface area contributed by atoms with Crippen molar-refractivity contribution in [2.45, 2.75) is 24.8 Å². The number of azide groups is 1. The van der Waals surface area contributed by atoms with Crippen molar-refractivity contribution in [2.24, 2.45) is 11.0 Å². The second-order valence-corrected chi connectivity index (χ2v) is 8.81. The summed E-state index contributed by atoms with van der Waals surface area (Å²) in [5.41, 5.74) is 10.4. The standard InChI is InChI=1S/C17H26N6O5S/c1-13(2)16(17(24)20-25)23(8-7-22-9-11-28-12-10-22)29(26,27)15-5-3-14(4-6-15)19-21-18/h3-6,13,16,25H,7-12H2,1-2H3,(H,20,24). The summed E-state index contributed by atoms with van der Waals surface area (Å²) < 4.78 is 33.1. The molecule has 0 bridgehead atoms. The summed E-state index contributed by atoms with van der Waals surface area (Å²) in [5, 5.41) is 12.6. The van der Waals surface area contributed by atoms with Crippen molar-refractivity contribution >= 4 is 21.6 Å². The fourth-order valence-corrected chi connectivity index (χ4v) is 4.89. The van der Waals surface area contributed by atoms with Crippen molar-refractivity contribution in [2.75, 3.05) is 39.4 Å². The van der Waals surface area contributed by atoms with Crippen LogP contribution in [0.5, 0.6) is 0 Å². The van der Waals surface area contributed by atoms with E-state index in [9.17, 15) is 13.2 Å². The monoisotopic (exact) mass is 426 g/mol. The van der Waals surface area contributed by atoms with Gasteiger partial charge in [0.15, 0.2) is 0 Å². The zero-order valence-electron chi connectivity index (χ0n) is 16.4. The van der Waals surface area contributed by atoms with Gasteiger partial charge in [0, 0.05) is 36.8 Å². The van der Waals surface area contributed by atoms with Crippen LogP contribution in [0.4, 0.5) is 5.69 Å². The Balaban J connectivity index is 2.36. The molecular formula is C17H26N6O5S. The smallest absolute Gasteiger partial charge is 0.262 e. The third-order valence-corrected chi connectivity index (χ3v) is 6.56. The number of carbonyl (C=O) groups is 1. The molecule has 0 aliphatic carbocycles. The molecule has 0 radical (unpaired) electrons. The zero-order chi connectivity index (χ0) is 21.4. The largest absolute Gasteiger partial charge is 0.379 e. The SMILES string of the molecule is CC(C)C(C(=O)NO)N(CCN1CCOCC1)S(=O)(=O)c1ccc(N=[N+]=[N-])cc1. The lowest BCUT2D eigenvalue weighted by molar-refractivity contribution is -0.134. The second kappa shape index (κ2) is 10.5. The molecule has 160 valence electrons. The van der Waals surface area contributed by atoms with Gasteiger partial charge in [-0.2, -0.15) is 4.31 Å². The highest BCUT2D eigenvalue weighted by Gasteiger charge is 2.38. The van der Waals surface area contributed by atoms with E-state index in [1.54, 1.807) is 19.3 Å². The highest BCUT2D eigenvalue weighted by molar-refractivity contribution is 7.89. The van der Waals surface area contributed by atoms with E-state index in [4.69, 9.17) is 15.5 Å². The van der Waals surface area contributed by atoms with Crippen molar-refractivity contribution in [3.8, 4) is 0 Å². The summed E-state index contributed by atoms with van der Waals surface area (Å²) in [4.78, 5) is 17.0. The molecule has 12 heteroatoms. The molecule has 1 heterocycles. The van der Waals surface area contributed by atoms with Gasteiger partial charge in [-0.15, -0.1) is 0 Å². The first-order valence-electron chi connectivity index (χ1n) is 9.22. The zero-order valence-corrected chi connectivity index (χ0v) is 17.2. The first-order chi connectivity index (χ1) is 13.8. The quantitative estimate of drug-likeness (QED) is 0.201. The number of nitrogens with zero attached hydrogens (tertiary/aromatic N) is 5. The fourth-order valence-electron chi connectivity index (χ4n) is 3.18. The minimum Gasteiger partial charge on any atom is -0.379 e. The van der Waals surface area contributed by atoms with E-state index < -0.39 is 22.0 Å². The lowest BCUT2D eigenvalue weighted by Gasteiger charge is -2.34. The lowest BCUT2D eigenvalue weighted by Crippen LogP contribution is -2.54. The van der Waals surface area contributed by atoms with Crippen LogP contribution in [0.1, 0.15) is 13.8 Å². The fraction of sp³-hybridized carbons (Fsp3) is 0.588. The Labute approximate surface area is 169 Å². The van der Waals surface area contributed by atoms with Crippen LogP contribution in [0.2, 0.25) is 0 Å². The molecule has 1 aromatic rings. The van der Waals surface area contributed by atoms with Gasteiger partial charge in [-0.1, -0.05) is 31.1 Å². The van der Waals surface area contributed by atoms with Crippen LogP contribution in [0.15, 0.2) is 34.3 Å². The maximum absolute atomic E-state index is 13.4. The van der Waals surface area contributed by atoms with E-state index in [0.29, 0.717) is 32.8 Å². The maximum Gasteiger partial charge on any atom is 0.262 e. The number of amides is 1. The van der Waals surface area contributed by atoms with Crippen LogP contribution in [-0.4, -0.2) is 74.2 Å². The Bertz CT molecular complexity index is 832. The number of carbonyl (C=O) groups excluding carboxylic acids is 1. The minimum absolute atomic E-state index is 0.0345. The number of hydrogen-bond acceptors (Lipinski definition) is 7. The number of ether oxygens (including phenoxy) is 1. The molecule has 29 heavy (non-hydrogen) atoms. The highest BCUT2D eigenvalue weighted by Crippen LogP contribution is 2.24. The Morgan fingerprint density at radius 2 is 1.97 bits per heavy atom. The molecule has 1 atom stereocenters. The van der Waals surface area contributed by atoms with E-state index in [1.165, 1.54) is 24.3 Å². The van der Waals surface area contributed by atoms with E-state index in [1.807, 2.05) is 0 Å². The normalized spacial score (nSPS) is 16.4. The van der Waals surface area contributed by atoms with Crippen molar-refractivity contribution < 1.29 is 23.2 Å². The number of hydroxylamine groups is 1. The molecule has 1 aliphatic rings. The maximum atomic E-state index is 13.4. The molecule has 1 unspecified atom stereocenters. The summed E-state index contributed by atoms with van der Waals surface area (Å²) in [6, 6.07) is 4.35. The van der Waals surface area contributed by atoms with Crippen molar-refractivity contribution in [3.63, 3.8) is 0 Å². The molecule has 1 amide bonds. The van der Waals surface area contributed by atoms with E-state index >= 15 is 0 Å². The average Bonchev–Trinajstić information content (AvgIpc) is 2.71. The van der Waals surface area contributed by atoms with Crippen LogP contribution in [0.3, 0.4) is 0 Å². The highest BCUT2D eigenvalue weighted by atomic mass is 32.2. The van der Waals surface area contributed by atoms with E-state index in [0.717, 1.165) is 4.31 Å². The van der Waals surface area contributed by atoms with E-state index in [2.05, 4.69) is 14.9 Å². The molecule has 1 saturated heterocycles. The Morgan fingerprint density at radius 1 is 1.34 bits per heavy atom. The van der Waals surface area contributed by atoms with Gasteiger partial charge in [0.05, 0.1) is 18.1 Å². The molecule has 11 nitrogen and oxygen atoms in total. The summed E-state index contributed by atoms with van der Waals surface area (Å²) in [5.74, 6) is -1.18. The summed E-state index contributed by atoms with van der Waals surface area (Å²) >= 11 is 0. The first kappa shape index (κ1) is 23.1. The van der Waals surface area contributed by atoms with Gasteiger partial charge >= 0.3 is 0 Å². The Hall–Kier alpha value is -2.21. The van der Waals surface area contributed by atoms with Crippen molar-refractivity contribution in [1.29, 1.82) is 0 Å². The lowest BCUT2D eigenvalue weighted by atomic mass is 10.0. The van der Waals surface area contributed by atoms with Crippen LogP contribution >= 0.6 is 0 Å². The predicted molar refractivity (Wildman–Crippen MR) is 105 cm³/mol. The third kappa shape index (κ3) is 5.89. The molecule has 1 aliphatic heterocycles. The van der Waals surface area contributed by atoms with Gasteiger partial charge in [0.25, 0.3) is 5.91 Å².